The van der Waals surface area contributed by atoms with Crippen molar-refractivity contribution in [3.05, 3.63) is 0 Å². The molecule has 1 aliphatic heterocycles. The Hall–Kier alpha value is -1.14. The van der Waals surface area contributed by atoms with E-state index in [0.717, 1.165) is 26.2 Å². The fourth-order valence-electron chi connectivity index (χ4n) is 1.62. The average Bonchev–Trinajstić information content (AvgIpc) is 2.26. The predicted octanol–water partition coefficient (Wildman–Crippen LogP) is -1.47. The Balaban J connectivity index is 2.20. The van der Waals surface area contributed by atoms with Gasteiger partial charge in [0.1, 0.15) is 0 Å². The van der Waals surface area contributed by atoms with Crippen molar-refractivity contribution in [2.75, 3.05) is 32.7 Å². The van der Waals surface area contributed by atoms with E-state index in [9.17, 15) is 9.59 Å². The van der Waals surface area contributed by atoms with E-state index in [1.807, 2.05) is 4.90 Å². The van der Waals surface area contributed by atoms with Crippen LogP contribution in [0.3, 0.4) is 0 Å². The van der Waals surface area contributed by atoms with Gasteiger partial charge in [-0.05, 0) is 0 Å². The largest absolute Gasteiger partial charge is 0.340 e. The van der Waals surface area contributed by atoms with Gasteiger partial charge in [0.15, 0.2) is 0 Å². The maximum atomic E-state index is 11.0. The Morgan fingerprint density at radius 3 is 2.33 bits per heavy atom. The number of rotatable bonds is 3. The summed E-state index contributed by atoms with van der Waals surface area (Å²) in [4.78, 5) is 25.9. The maximum Gasteiger partial charge on any atom is 0.235 e. The monoisotopic (exact) mass is 214 g/mol. The van der Waals surface area contributed by atoms with E-state index in [0.29, 0.717) is 13.0 Å². The smallest absolute Gasteiger partial charge is 0.235 e. The third-order valence-electron chi connectivity index (χ3n) is 2.63. The zero-order chi connectivity index (χ0) is 11.3. The molecule has 0 aromatic carbocycles. The molecule has 3 N–H and O–H groups in total. The molecule has 0 atom stereocenters. The van der Waals surface area contributed by atoms with Gasteiger partial charge in [-0.1, -0.05) is 0 Å². The minimum Gasteiger partial charge on any atom is -0.340 e. The molecule has 1 rings (SSSR count). The van der Waals surface area contributed by atoms with Gasteiger partial charge in [-0.3, -0.25) is 19.9 Å². The predicted molar refractivity (Wildman–Crippen MR) is 55.6 cm³/mol. The van der Waals surface area contributed by atoms with Gasteiger partial charge >= 0.3 is 0 Å². The Morgan fingerprint density at radius 1 is 1.27 bits per heavy atom. The number of amides is 2. The molecule has 0 unspecified atom stereocenters. The summed E-state index contributed by atoms with van der Waals surface area (Å²) in [5, 5.41) is 0. The van der Waals surface area contributed by atoms with Crippen molar-refractivity contribution in [1.82, 2.24) is 15.2 Å². The first-order chi connectivity index (χ1) is 7.13. The highest BCUT2D eigenvalue weighted by molar-refractivity contribution is 5.75. The number of nitrogens with zero attached hydrogens (tertiary/aromatic N) is 2. The molecule has 0 spiro atoms. The maximum absolute atomic E-state index is 11.0. The minimum absolute atomic E-state index is 0.120. The Bertz CT molecular complexity index is 236. The molecule has 86 valence electrons. The van der Waals surface area contributed by atoms with Crippen molar-refractivity contribution < 1.29 is 9.59 Å². The molecule has 6 heteroatoms. The van der Waals surface area contributed by atoms with Gasteiger partial charge in [0.2, 0.25) is 11.8 Å². The van der Waals surface area contributed by atoms with Gasteiger partial charge in [-0.25, -0.2) is 5.84 Å². The van der Waals surface area contributed by atoms with E-state index in [2.05, 4.69) is 10.3 Å². The zero-order valence-corrected chi connectivity index (χ0v) is 9.03. The van der Waals surface area contributed by atoms with Crippen molar-refractivity contribution in [3.63, 3.8) is 0 Å². The van der Waals surface area contributed by atoms with Gasteiger partial charge < -0.3 is 4.90 Å². The van der Waals surface area contributed by atoms with E-state index < -0.39 is 0 Å². The summed E-state index contributed by atoms with van der Waals surface area (Å²) in [6.07, 6.45) is 0.413. The first-order valence-corrected chi connectivity index (χ1v) is 5.11. The number of carbonyl (C=O) groups is 2. The van der Waals surface area contributed by atoms with E-state index in [1.54, 1.807) is 6.92 Å². The molecule has 2 amide bonds. The third-order valence-corrected chi connectivity index (χ3v) is 2.63. The number of hydrogen-bond acceptors (Lipinski definition) is 4. The van der Waals surface area contributed by atoms with Crippen LogP contribution in [0.5, 0.6) is 0 Å². The number of hydrazine groups is 1. The molecular weight excluding hydrogens is 196 g/mol. The minimum atomic E-state index is -0.149. The molecule has 0 bridgehead atoms. The number of nitrogens with two attached hydrogens (primary N) is 1. The van der Waals surface area contributed by atoms with Crippen molar-refractivity contribution >= 4 is 11.8 Å². The Kier molecular flexibility index (Phi) is 4.51. The summed E-state index contributed by atoms with van der Waals surface area (Å²) in [5.74, 6) is 4.95. The van der Waals surface area contributed by atoms with Crippen molar-refractivity contribution in [2.45, 2.75) is 13.3 Å². The van der Waals surface area contributed by atoms with Crippen molar-refractivity contribution in [1.29, 1.82) is 0 Å². The number of nitrogens with one attached hydrogen (secondary N) is 1. The summed E-state index contributed by atoms with van der Waals surface area (Å²) in [5.41, 5.74) is 2.10. The molecule has 1 saturated heterocycles. The highest BCUT2D eigenvalue weighted by atomic mass is 16.2. The molecule has 1 aliphatic rings. The van der Waals surface area contributed by atoms with Gasteiger partial charge in [0.25, 0.3) is 0 Å². The van der Waals surface area contributed by atoms with Crippen molar-refractivity contribution in [3.8, 4) is 0 Å². The molecular formula is C9H18N4O2. The number of hydrogen-bond donors (Lipinski definition) is 2. The van der Waals surface area contributed by atoms with Crippen LogP contribution in [-0.4, -0.2) is 54.3 Å². The molecule has 1 heterocycles. The number of piperazine rings is 1. The molecule has 0 aromatic heterocycles. The molecule has 0 aromatic rings. The van der Waals surface area contributed by atoms with Gasteiger partial charge in [-0.15, -0.1) is 0 Å². The lowest BCUT2D eigenvalue weighted by molar-refractivity contribution is -0.131. The zero-order valence-electron chi connectivity index (χ0n) is 9.03. The van der Waals surface area contributed by atoms with Crippen LogP contribution in [0.15, 0.2) is 0 Å². The van der Waals surface area contributed by atoms with E-state index in [1.165, 1.54) is 0 Å². The topological polar surface area (TPSA) is 78.7 Å². The second-order valence-electron chi connectivity index (χ2n) is 3.67. The van der Waals surface area contributed by atoms with Crippen LogP contribution in [0.2, 0.25) is 0 Å². The van der Waals surface area contributed by atoms with E-state index in [4.69, 9.17) is 5.84 Å². The summed E-state index contributed by atoms with van der Waals surface area (Å²) in [6.45, 7) is 5.44. The van der Waals surface area contributed by atoms with Crippen LogP contribution in [0, 0.1) is 0 Å². The SMILES string of the molecule is CC(=O)N1CCN(CCC(=O)NN)CC1. The molecule has 6 nitrogen and oxygen atoms in total. The molecule has 0 aliphatic carbocycles. The van der Waals surface area contributed by atoms with Crippen LogP contribution in [0.1, 0.15) is 13.3 Å². The normalized spacial score (nSPS) is 17.6. The standard InChI is InChI=1S/C9H18N4O2/c1-8(14)13-6-4-12(5-7-13)3-2-9(15)11-10/h2-7,10H2,1H3,(H,11,15). The summed E-state index contributed by atoms with van der Waals surface area (Å²) in [6, 6.07) is 0. The van der Waals surface area contributed by atoms with E-state index in [-0.39, 0.29) is 11.8 Å². The van der Waals surface area contributed by atoms with Crippen LogP contribution in [0.4, 0.5) is 0 Å². The summed E-state index contributed by atoms with van der Waals surface area (Å²) in [7, 11) is 0. The van der Waals surface area contributed by atoms with Crippen LogP contribution >= 0.6 is 0 Å². The highest BCUT2D eigenvalue weighted by Crippen LogP contribution is 2.02. The van der Waals surface area contributed by atoms with Crippen LogP contribution in [-0.2, 0) is 9.59 Å². The molecule has 0 saturated carbocycles. The second-order valence-corrected chi connectivity index (χ2v) is 3.67. The van der Waals surface area contributed by atoms with Gasteiger partial charge in [-0.2, -0.15) is 0 Å². The van der Waals surface area contributed by atoms with Crippen LogP contribution in [0.25, 0.3) is 0 Å². The lowest BCUT2D eigenvalue weighted by atomic mass is 10.3. The fraction of sp³-hybridized carbons (Fsp3) is 0.778. The quantitative estimate of drug-likeness (QED) is 0.341. The lowest BCUT2D eigenvalue weighted by Crippen LogP contribution is -2.48. The van der Waals surface area contributed by atoms with E-state index >= 15 is 0 Å². The summed E-state index contributed by atoms with van der Waals surface area (Å²) >= 11 is 0. The first-order valence-electron chi connectivity index (χ1n) is 5.11. The molecule has 0 radical (unpaired) electrons. The molecule has 15 heavy (non-hydrogen) atoms. The van der Waals surface area contributed by atoms with Gasteiger partial charge in [0.05, 0.1) is 0 Å². The fourth-order valence-corrected chi connectivity index (χ4v) is 1.62. The second kappa shape index (κ2) is 5.67. The highest BCUT2D eigenvalue weighted by Gasteiger charge is 2.18. The molecule has 1 fully saturated rings. The number of carbonyl (C=O) groups excluding carboxylic acids is 2. The third kappa shape index (κ3) is 3.85. The Labute approximate surface area is 89.4 Å². The lowest BCUT2D eigenvalue weighted by Gasteiger charge is -2.33. The van der Waals surface area contributed by atoms with Crippen LogP contribution < -0.4 is 11.3 Å². The Morgan fingerprint density at radius 2 is 1.87 bits per heavy atom. The van der Waals surface area contributed by atoms with Gasteiger partial charge in [0, 0.05) is 46.1 Å². The summed E-state index contributed by atoms with van der Waals surface area (Å²) < 4.78 is 0. The first kappa shape index (κ1) is 11.9. The average molecular weight is 214 g/mol. The van der Waals surface area contributed by atoms with Crippen molar-refractivity contribution in [2.24, 2.45) is 5.84 Å².